The first-order valence-corrected chi connectivity index (χ1v) is 21.1. The topological polar surface area (TPSA) is 16.4 Å². The van der Waals surface area contributed by atoms with Crippen molar-refractivity contribution in [2.45, 2.75) is 5.41 Å². The quantitative estimate of drug-likeness (QED) is 0.173. The molecule has 0 atom stereocenters. The van der Waals surface area contributed by atoms with E-state index in [0.717, 1.165) is 50.1 Å². The molecule has 0 saturated carbocycles. The second-order valence-corrected chi connectivity index (χ2v) is 16.4. The number of hydrogen-bond donors (Lipinski definition) is 0. The van der Waals surface area contributed by atoms with E-state index in [1.165, 1.54) is 66.4 Å². The zero-order valence-corrected chi connectivity index (χ0v) is 33.2. The third-order valence-electron chi connectivity index (χ3n) is 13.3. The van der Waals surface area contributed by atoms with Gasteiger partial charge in [0.25, 0.3) is 0 Å². The summed E-state index contributed by atoms with van der Waals surface area (Å²) in [6.45, 7) is 0. The summed E-state index contributed by atoms with van der Waals surface area (Å²) in [4.78, 5) is 2.47. The van der Waals surface area contributed by atoms with Crippen molar-refractivity contribution in [1.29, 1.82) is 0 Å². The van der Waals surface area contributed by atoms with Crippen LogP contribution in [-0.4, -0.2) is 0 Å². The molecule has 2 aliphatic rings. The molecule has 0 amide bonds. The summed E-state index contributed by atoms with van der Waals surface area (Å²) in [5, 5.41) is 4.75. The monoisotopic (exact) mass is 775 g/mol. The lowest BCUT2D eigenvalue weighted by molar-refractivity contribution is 0.669. The van der Waals surface area contributed by atoms with Gasteiger partial charge in [-0.1, -0.05) is 170 Å². The molecule has 2 heteroatoms. The van der Waals surface area contributed by atoms with Crippen molar-refractivity contribution in [2.75, 3.05) is 4.90 Å². The van der Waals surface area contributed by atoms with Crippen molar-refractivity contribution >= 4 is 49.8 Å². The van der Waals surface area contributed by atoms with E-state index in [-0.39, 0.29) is 0 Å². The highest BCUT2D eigenvalue weighted by atomic mass is 16.3. The molecule has 1 spiro atoms. The number of anilines is 3. The number of rotatable bonds is 5. The van der Waals surface area contributed by atoms with Crippen LogP contribution < -0.4 is 4.90 Å². The molecule has 2 aliphatic carbocycles. The van der Waals surface area contributed by atoms with Crippen molar-refractivity contribution in [3.63, 3.8) is 0 Å². The summed E-state index contributed by atoms with van der Waals surface area (Å²) in [5.41, 5.74) is 19.9. The maximum Gasteiger partial charge on any atom is 0.135 e. The van der Waals surface area contributed by atoms with Crippen molar-refractivity contribution in [3.05, 3.63) is 247 Å². The van der Waals surface area contributed by atoms with Gasteiger partial charge in [-0.25, -0.2) is 0 Å². The van der Waals surface area contributed by atoms with Crippen LogP contribution in [0.3, 0.4) is 0 Å². The van der Waals surface area contributed by atoms with Crippen molar-refractivity contribution in [1.82, 2.24) is 0 Å². The van der Waals surface area contributed by atoms with Gasteiger partial charge in [0.2, 0.25) is 0 Å². The van der Waals surface area contributed by atoms with Crippen molar-refractivity contribution < 1.29 is 4.42 Å². The Balaban J connectivity index is 1.03. The molecule has 0 saturated heterocycles. The molecule has 13 rings (SSSR count). The molecule has 0 unspecified atom stereocenters. The first kappa shape index (κ1) is 34.0. The van der Waals surface area contributed by atoms with Gasteiger partial charge in [-0.15, -0.1) is 0 Å². The van der Waals surface area contributed by atoms with Gasteiger partial charge in [0.05, 0.1) is 11.1 Å². The highest BCUT2D eigenvalue weighted by molar-refractivity contribution is 6.07. The van der Waals surface area contributed by atoms with Crippen LogP contribution in [0.1, 0.15) is 22.3 Å². The number of benzene rings is 10. The summed E-state index contributed by atoms with van der Waals surface area (Å²) in [6, 6.07) is 82.4. The molecular weight excluding hydrogens is 739 g/mol. The minimum Gasteiger partial charge on any atom is -0.456 e. The average Bonchev–Trinajstić information content (AvgIpc) is 3.96. The van der Waals surface area contributed by atoms with Gasteiger partial charge < -0.3 is 9.32 Å². The van der Waals surface area contributed by atoms with Gasteiger partial charge in [0, 0.05) is 27.7 Å². The van der Waals surface area contributed by atoms with Crippen LogP contribution >= 0.6 is 0 Å². The van der Waals surface area contributed by atoms with E-state index in [1.807, 2.05) is 12.1 Å². The maximum absolute atomic E-state index is 6.23. The van der Waals surface area contributed by atoms with Crippen LogP contribution in [-0.2, 0) is 5.41 Å². The lowest BCUT2D eigenvalue weighted by Gasteiger charge is -2.32. The fourth-order valence-electron chi connectivity index (χ4n) is 10.6. The third kappa shape index (κ3) is 4.91. The van der Waals surface area contributed by atoms with Gasteiger partial charge >= 0.3 is 0 Å². The average molecular weight is 776 g/mol. The Labute approximate surface area is 354 Å². The molecule has 0 fully saturated rings. The molecule has 0 N–H and O–H groups in total. The second-order valence-electron chi connectivity index (χ2n) is 16.4. The van der Waals surface area contributed by atoms with Gasteiger partial charge in [-0.3, -0.25) is 0 Å². The predicted molar refractivity (Wildman–Crippen MR) is 253 cm³/mol. The van der Waals surface area contributed by atoms with Crippen molar-refractivity contribution in [2.24, 2.45) is 0 Å². The minimum absolute atomic E-state index is 0.439. The zero-order chi connectivity index (χ0) is 40.1. The Bertz CT molecular complexity index is 3510. The van der Waals surface area contributed by atoms with E-state index in [2.05, 4.69) is 217 Å². The van der Waals surface area contributed by atoms with Crippen LogP contribution in [0.4, 0.5) is 17.1 Å². The van der Waals surface area contributed by atoms with E-state index >= 15 is 0 Å². The van der Waals surface area contributed by atoms with E-state index in [9.17, 15) is 0 Å². The number of furan rings is 1. The largest absolute Gasteiger partial charge is 0.456 e. The molecule has 0 aliphatic heterocycles. The normalized spacial score (nSPS) is 13.0. The van der Waals surface area contributed by atoms with E-state index < -0.39 is 5.41 Å². The van der Waals surface area contributed by atoms with E-state index in [0.29, 0.717) is 0 Å². The van der Waals surface area contributed by atoms with Crippen LogP contribution in [0.2, 0.25) is 0 Å². The first-order chi connectivity index (χ1) is 30.2. The van der Waals surface area contributed by atoms with Gasteiger partial charge in [-0.2, -0.15) is 0 Å². The van der Waals surface area contributed by atoms with Gasteiger partial charge in [0.1, 0.15) is 11.2 Å². The highest BCUT2D eigenvalue weighted by Crippen LogP contribution is 2.64. The smallest absolute Gasteiger partial charge is 0.135 e. The predicted octanol–water partition coefficient (Wildman–Crippen LogP) is 15.9. The SMILES string of the molecule is c1cc(-c2ccc3oc4ccccc4c3c2)cc(N(c2ccc(-c3ccc4ccccc4c3)cc2)c2cccc3c2-c2ccccc2C32c3ccccc3-c3ccccc32)c1. The van der Waals surface area contributed by atoms with Gasteiger partial charge in [0.15, 0.2) is 0 Å². The molecule has 2 nitrogen and oxygen atoms in total. The molecule has 1 heterocycles. The third-order valence-corrected chi connectivity index (χ3v) is 13.3. The number of para-hydroxylation sites is 1. The molecule has 0 radical (unpaired) electrons. The Kier molecular flexibility index (Phi) is 7.26. The molecule has 10 aromatic carbocycles. The summed E-state index contributed by atoms with van der Waals surface area (Å²) in [5.74, 6) is 0. The fourth-order valence-corrected chi connectivity index (χ4v) is 10.6. The summed E-state index contributed by atoms with van der Waals surface area (Å²) >= 11 is 0. The molecule has 11 aromatic rings. The van der Waals surface area contributed by atoms with Crippen LogP contribution in [0, 0.1) is 0 Å². The number of nitrogens with zero attached hydrogens (tertiary/aromatic N) is 1. The Hall–Kier alpha value is -7.94. The lowest BCUT2D eigenvalue weighted by atomic mass is 9.70. The Morgan fingerprint density at radius 1 is 0.328 bits per heavy atom. The fraction of sp³-hybridized carbons (Fsp3) is 0.0169. The molecule has 284 valence electrons. The molecular formula is C59H37NO. The van der Waals surface area contributed by atoms with Crippen LogP contribution in [0.25, 0.3) is 77.2 Å². The molecule has 61 heavy (non-hydrogen) atoms. The second kappa shape index (κ2) is 13.0. The summed E-state index contributed by atoms with van der Waals surface area (Å²) in [6.07, 6.45) is 0. The standard InChI is InChI=1S/C59H37NO/c1-2-14-40-35-42(28-27-38(40)13-1)39-29-32-44(33-30-39)60(45-16-11-15-41(36-45)43-31-34-57-50(37-43)48-19-6-10-26-56(48)61-57)55-25-12-24-54-58(55)49-20-5-9-23-53(49)59(54)51-21-7-3-17-46(51)47-18-4-8-22-52(47)59/h1-37H. The van der Waals surface area contributed by atoms with Crippen LogP contribution in [0.15, 0.2) is 229 Å². The summed E-state index contributed by atoms with van der Waals surface area (Å²) in [7, 11) is 0. The maximum atomic E-state index is 6.23. The summed E-state index contributed by atoms with van der Waals surface area (Å²) < 4.78 is 6.23. The number of hydrogen-bond acceptors (Lipinski definition) is 2. The number of fused-ring (bicyclic) bond motifs is 14. The zero-order valence-electron chi connectivity index (χ0n) is 33.2. The highest BCUT2D eigenvalue weighted by Gasteiger charge is 2.52. The van der Waals surface area contributed by atoms with Crippen LogP contribution in [0.5, 0.6) is 0 Å². The first-order valence-electron chi connectivity index (χ1n) is 21.1. The minimum atomic E-state index is -0.439. The van der Waals surface area contributed by atoms with E-state index in [1.54, 1.807) is 0 Å². The lowest BCUT2D eigenvalue weighted by Crippen LogP contribution is -2.26. The molecule has 0 bridgehead atoms. The molecule has 1 aromatic heterocycles. The van der Waals surface area contributed by atoms with Gasteiger partial charge in [-0.05, 0) is 127 Å². The Morgan fingerprint density at radius 2 is 0.902 bits per heavy atom. The van der Waals surface area contributed by atoms with Crippen molar-refractivity contribution in [3.8, 4) is 44.5 Å². The Morgan fingerprint density at radius 3 is 1.70 bits per heavy atom. The van der Waals surface area contributed by atoms with E-state index in [4.69, 9.17) is 4.42 Å².